The molecule has 3 fully saturated rings. The number of nitrogens with zero attached hydrogens (tertiary/aromatic N) is 4. The van der Waals surface area contributed by atoms with E-state index >= 15 is 0 Å². The van der Waals surface area contributed by atoms with E-state index in [1.54, 1.807) is 0 Å². The third-order valence-corrected chi connectivity index (χ3v) is 8.40. The summed E-state index contributed by atoms with van der Waals surface area (Å²) in [7, 11) is 0. The van der Waals surface area contributed by atoms with Crippen molar-refractivity contribution in [2.75, 3.05) is 70.8 Å². The minimum atomic E-state index is 0.748. The van der Waals surface area contributed by atoms with Crippen LogP contribution in [0.3, 0.4) is 0 Å². The second-order valence-corrected chi connectivity index (χ2v) is 11.4. The number of hydrogen-bond acceptors (Lipinski definition) is 5. The zero-order valence-corrected chi connectivity index (χ0v) is 23.0. The molecule has 1 aromatic heterocycles. The first-order valence-electron chi connectivity index (χ1n) is 15.2. The summed E-state index contributed by atoms with van der Waals surface area (Å²) in [5.41, 5.74) is 3.70. The summed E-state index contributed by atoms with van der Waals surface area (Å²) in [4.78, 5) is 7.77. The first kappa shape index (κ1) is 26.6. The molecule has 4 heterocycles. The maximum atomic E-state index is 6.44. The Morgan fingerprint density at radius 1 is 0.703 bits per heavy atom. The van der Waals surface area contributed by atoms with Crippen LogP contribution in [0.1, 0.15) is 69.8 Å². The maximum absolute atomic E-state index is 6.44. The molecule has 3 aliphatic rings. The smallest absolute Gasteiger partial charge is 0.144 e. The molecular weight excluding hydrogens is 458 g/mol. The highest BCUT2D eigenvalue weighted by Gasteiger charge is 2.14. The molecule has 1 N–H and O–H groups in total. The van der Waals surface area contributed by atoms with E-state index in [9.17, 15) is 0 Å². The Kier molecular flexibility index (Phi) is 10.2. The molecule has 0 saturated carbocycles. The summed E-state index contributed by atoms with van der Waals surface area (Å²) < 4.78 is 8.70. The third-order valence-electron chi connectivity index (χ3n) is 8.40. The molecule has 0 radical (unpaired) electrons. The van der Waals surface area contributed by atoms with Crippen molar-refractivity contribution < 1.29 is 4.74 Å². The monoisotopic (exact) mass is 507 g/mol. The van der Waals surface area contributed by atoms with Crippen molar-refractivity contribution in [1.82, 2.24) is 19.3 Å². The molecule has 6 heteroatoms. The van der Waals surface area contributed by atoms with Crippen LogP contribution >= 0.6 is 0 Å². The molecule has 3 saturated heterocycles. The molecule has 0 aliphatic carbocycles. The van der Waals surface area contributed by atoms with Crippen LogP contribution in [0.5, 0.6) is 5.75 Å². The van der Waals surface area contributed by atoms with Crippen LogP contribution in [0.2, 0.25) is 0 Å². The molecule has 2 aromatic rings. The van der Waals surface area contributed by atoms with Gasteiger partial charge in [0.25, 0.3) is 0 Å². The highest BCUT2D eigenvalue weighted by Crippen LogP contribution is 2.28. The van der Waals surface area contributed by atoms with E-state index < -0.39 is 0 Å². The third kappa shape index (κ3) is 8.23. The van der Waals surface area contributed by atoms with Gasteiger partial charge in [0.05, 0.1) is 5.69 Å². The lowest BCUT2D eigenvalue weighted by Gasteiger charge is -2.27. The Bertz CT molecular complexity index is 925. The molecule has 204 valence electrons. The van der Waals surface area contributed by atoms with Crippen molar-refractivity contribution in [2.45, 2.75) is 70.8 Å². The zero-order chi connectivity index (χ0) is 25.1. The summed E-state index contributed by atoms with van der Waals surface area (Å²) in [5.74, 6) is 0.985. The van der Waals surface area contributed by atoms with Gasteiger partial charge >= 0.3 is 0 Å². The minimum absolute atomic E-state index is 0.748. The summed E-state index contributed by atoms with van der Waals surface area (Å²) >= 11 is 0. The van der Waals surface area contributed by atoms with Gasteiger partial charge in [-0.1, -0.05) is 19.3 Å². The van der Waals surface area contributed by atoms with Crippen LogP contribution in [0, 0.1) is 0 Å². The van der Waals surface area contributed by atoms with Gasteiger partial charge < -0.3 is 19.5 Å². The van der Waals surface area contributed by atoms with Crippen LogP contribution in [-0.2, 0) is 6.54 Å². The highest BCUT2D eigenvalue weighted by molar-refractivity contribution is 5.61. The lowest BCUT2D eigenvalue weighted by Crippen LogP contribution is -2.33. The SMILES string of the molecule is c1cn(-c2ccc(NCCCN3CCCCC3)c(OCCN3CCCCC3)c2)cc1CN1CCCCC1. The standard InChI is InChI=1S/C31H49N5O/c1-4-15-33(16-5-1)21-10-14-32-30-12-11-29(25-31(30)37-24-23-34-17-6-2-7-18-34)36-22-13-28(27-36)26-35-19-8-3-9-20-35/h11-13,22,25,27,32H,1-10,14-21,23-24,26H2. The van der Waals surface area contributed by atoms with E-state index in [0.717, 1.165) is 37.7 Å². The lowest BCUT2D eigenvalue weighted by molar-refractivity contribution is 0.183. The molecule has 3 aliphatic heterocycles. The molecule has 0 atom stereocenters. The molecule has 0 bridgehead atoms. The Hall–Kier alpha value is -2.02. The van der Waals surface area contributed by atoms with Crippen LogP contribution in [0.15, 0.2) is 36.7 Å². The van der Waals surface area contributed by atoms with Crippen LogP contribution in [-0.4, -0.2) is 84.8 Å². The van der Waals surface area contributed by atoms with Gasteiger partial charge in [-0.05, 0) is 115 Å². The number of aromatic nitrogens is 1. The van der Waals surface area contributed by atoms with Crippen molar-refractivity contribution in [3.63, 3.8) is 0 Å². The molecule has 6 nitrogen and oxygen atoms in total. The van der Waals surface area contributed by atoms with E-state index in [-0.39, 0.29) is 0 Å². The van der Waals surface area contributed by atoms with E-state index in [0.29, 0.717) is 0 Å². The molecule has 0 spiro atoms. The van der Waals surface area contributed by atoms with Gasteiger partial charge in [-0.2, -0.15) is 0 Å². The molecule has 1 aromatic carbocycles. The quantitative estimate of drug-likeness (QED) is 0.378. The Morgan fingerprint density at radius 3 is 2.05 bits per heavy atom. The number of ether oxygens (including phenoxy) is 1. The average molecular weight is 508 g/mol. The Balaban J connectivity index is 1.20. The topological polar surface area (TPSA) is 35.9 Å². The number of anilines is 1. The molecule has 37 heavy (non-hydrogen) atoms. The Labute approximate surface area is 224 Å². The van der Waals surface area contributed by atoms with Crippen molar-refractivity contribution >= 4 is 5.69 Å². The predicted octanol–water partition coefficient (Wildman–Crippen LogP) is 5.62. The summed E-state index contributed by atoms with van der Waals surface area (Å²) in [6.45, 7) is 12.5. The van der Waals surface area contributed by atoms with Gasteiger partial charge in [0.2, 0.25) is 0 Å². The van der Waals surface area contributed by atoms with Crippen LogP contribution in [0.4, 0.5) is 5.69 Å². The minimum Gasteiger partial charge on any atom is -0.490 e. The van der Waals surface area contributed by atoms with E-state index in [2.05, 4.69) is 61.2 Å². The van der Waals surface area contributed by atoms with Gasteiger partial charge in [0, 0.05) is 43.8 Å². The number of nitrogens with one attached hydrogen (secondary N) is 1. The summed E-state index contributed by atoms with van der Waals surface area (Å²) in [6, 6.07) is 8.96. The maximum Gasteiger partial charge on any atom is 0.144 e. The van der Waals surface area contributed by atoms with Gasteiger partial charge in [-0.15, -0.1) is 0 Å². The van der Waals surface area contributed by atoms with E-state index in [1.165, 1.54) is 121 Å². The normalized spacial score (nSPS) is 20.2. The fraction of sp³-hybridized carbons (Fsp3) is 0.677. The fourth-order valence-corrected chi connectivity index (χ4v) is 6.18. The lowest BCUT2D eigenvalue weighted by atomic mass is 10.1. The zero-order valence-electron chi connectivity index (χ0n) is 23.0. The first-order chi connectivity index (χ1) is 18.3. The van der Waals surface area contributed by atoms with Crippen molar-refractivity contribution in [3.05, 3.63) is 42.2 Å². The first-order valence-corrected chi connectivity index (χ1v) is 15.2. The van der Waals surface area contributed by atoms with Crippen molar-refractivity contribution in [2.24, 2.45) is 0 Å². The van der Waals surface area contributed by atoms with Gasteiger partial charge in [-0.25, -0.2) is 0 Å². The fourth-order valence-electron chi connectivity index (χ4n) is 6.18. The Morgan fingerprint density at radius 2 is 1.35 bits per heavy atom. The predicted molar refractivity (Wildman–Crippen MR) is 154 cm³/mol. The van der Waals surface area contributed by atoms with Gasteiger partial charge in [0.1, 0.15) is 12.4 Å². The average Bonchev–Trinajstić information content (AvgIpc) is 3.42. The van der Waals surface area contributed by atoms with Crippen LogP contribution < -0.4 is 10.1 Å². The molecule has 0 amide bonds. The van der Waals surface area contributed by atoms with E-state index in [4.69, 9.17) is 4.74 Å². The summed E-state index contributed by atoms with van der Waals surface area (Å²) in [5, 5.41) is 3.70. The molecule has 5 rings (SSSR count). The van der Waals surface area contributed by atoms with Crippen molar-refractivity contribution in [3.8, 4) is 11.4 Å². The molecular formula is C31H49N5O. The summed E-state index contributed by atoms with van der Waals surface area (Å²) in [6.07, 6.45) is 17.9. The second-order valence-electron chi connectivity index (χ2n) is 11.4. The number of benzene rings is 1. The van der Waals surface area contributed by atoms with Crippen LogP contribution in [0.25, 0.3) is 5.69 Å². The number of rotatable bonds is 12. The number of hydrogen-bond donors (Lipinski definition) is 1. The molecule has 0 unspecified atom stereocenters. The second kappa shape index (κ2) is 14.2. The largest absolute Gasteiger partial charge is 0.490 e. The number of piperidine rings is 3. The number of likely N-dealkylation sites (tertiary alicyclic amines) is 3. The highest BCUT2D eigenvalue weighted by atomic mass is 16.5. The van der Waals surface area contributed by atoms with E-state index in [1.807, 2.05) is 0 Å². The van der Waals surface area contributed by atoms with Crippen molar-refractivity contribution in [1.29, 1.82) is 0 Å². The van der Waals surface area contributed by atoms with Gasteiger partial charge in [-0.3, -0.25) is 9.80 Å². The van der Waals surface area contributed by atoms with Gasteiger partial charge in [0.15, 0.2) is 0 Å².